The third-order valence-electron chi connectivity index (χ3n) is 7.01. The number of aliphatic carboxylic acids is 1. The Morgan fingerprint density at radius 3 is 2.65 bits per heavy atom. The molecule has 3 aromatic carbocycles. The molecular weight excluding hydrogens is 514 g/mol. The first kappa shape index (κ1) is 28.4. The minimum Gasteiger partial charge on any atom is -0.496 e. The van der Waals surface area contributed by atoms with E-state index in [9.17, 15) is 19.2 Å². The summed E-state index contributed by atoms with van der Waals surface area (Å²) in [5.41, 5.74) is 1.67. The van der Waals surface area contributed by atoms with Crippen LogP contribution in [0.15, 0.2) is 54.6 Å². The van der Waals surface area contributed by atoms with Crippen LogP contribution in [-0.4, -0.2) is 55.1 Å². The number of para-hydroxylation sites is 2. The van der Waals surface area contributed by atoms with Crippen molar-refractivity contribution in [2.24, 2.45) is 5.92 Å². The van der Waals surface area contributed by atoms with Crippen molar-refractivity contribution in [1.82, 2.24) is 10.6 Å². The van der Waals surface area contributed by atoms with Gasteiger partial charge in [-0.2, -0.15) is 0 Å². The Kier molecular flexibility index (Phi) is 8.88. The molecule has 0 saturated heterocycles. The van der Waals surface area contributed by atoms with Gasteiger partial charge in [0.15, 0.2) is 0 Å². The molecule has 40 heavy (non-hydrogen) atoms. The average Bonchev–Trinajstić information content (AvgIpc) is 3.08. The molecule has 0 radical (unpaired) electrons. The van der Waals surface area contributed by atoms with Crippen molar-refractivity contribution in [2.45, 2.75) is 39.3 Å². The van der Waals surface area contributed by atoms with Crippen molar-refractivity contribution in [1.29, 1.82) is 0 Å². The second-order valence-electron chi connectivity index (χ2n) is 9.66. The fraction of sp³-hybridized carbons (Fsp3) is 0.333. The van der Waals surface area contributed by atoms with Gasteiger partial charge in [0, 0.05) is 23.6 Å². The Balaban J connectivity index is 1.70. The number of nitrogens with zero attached hydrogens (tertiary/aromatic N) is 1. The number of hydrogen-bond acceptors (Lipinski definition) is 6. The van der Waals surface area contributed by atoms with E-state index in [1.807, 2.05) is 32.0 Å². The fourth-order valence-corrected chi connectivity index (χ4v) is 4.53. The second kappa shape index (κ2) is 12.5. The van der Waals surface area contributed by atoms with Crippen molar-refractivity contribution in [3.63, 3.8) is 0 Å². The first-order valence-electron chi connectivity index (χ1n) is 13.2. The van der Waals surface area contributed by atoms with Crippen molar-refractivity contribution in [3.8, 4) is 11.5 Å². The highest BCUT2D eigenvalue weighted by Gasteiger charge is 2.34. The normalized spacial score (nSPS) is 15.4. The first-order chi connectivity index (χ1) is 19.2. The highest BCUT2D eigenvalue weighted by atomic mass is 16.5. The summed E-state index contributed by atoms with van der Waals surface area (Å²) in [4.78, 5) is 51.5. The first-order valence-corrected chi connectivity index (χ1v) is 13.2. The number of amides is 3. The van der Waals surface area contributed by atoms with Crippen LogP contribution < -0.4 is 25.0 Å². The Labute approximate surface area is 232 Å². The number of carboxylic acids is 1. The molecule has 0 saturated carbocycles. The van der Waals surface area contributed by atoms with Crippen molar-refractivity contribution >= 4 is 40.2 Å². The number of methoxy groups -OCH3 is 1. The lowest BCUT2D eigenvalue weighted by Crippen LogP contribution is -2.51. The van der Waals surface area contributed by atoms with E-state index in [0.717, 1.165) is 16.3 Å². The van der Waals surface area contributed by atoms with Gasteiger partial charge < -0.3 is 30.1 Å². The molecule has 1 heterocycles. The van der Waals surface area contributed by atoms with Gasteiger partial charge in [0.2, 0.25) is 5.91 Å². The maximum atomic E-state index is 13.9. The van der Waals surface area contributed by atoms with Gasteiger partial charge in [-0.15, -0.1) is 0 Å². The van der Waals surface area contributed by atoms with E-state index >= 15 is 0 Å². The predicted molar refractivity (Wildman–Crippen MR) is 150 cm³/mol. The van der Waals surface area contributed by atoms with Gasteiger partial charge in [-0.1, -0.05) is 38.1 Å². The number of carbonyl (C=O) groups excluding carboxylic acids is 3. The molecule has 1 aliphatic heterocycles. The smallest absolute Gasteiger partial charge is 0.305 e. The molecule has 3 aromatic rings. The molecular formula is C30H33N3O7. The van der Waals surface area contributed by atoms with Gasteiger partial charge in [0.25, 0.3) is 11.8 Å². The lowest BCUT2D eigenvalue weighted by Gasteiger charge is -2.27. The Morgan fingerprint density at radius 2 is 1.93 bits per heavy atom. The maximum Gasteiger partial charge on any atom is 0.305 e. The van der Waals surface area contributed by atoms with E-state index < -0.39 is 12.0 Å². The van der Waals surface area contributed by atoms with Gasteiger partial charge in [0.05, 0.1) is 25.8 Å². The maximum absolute atomic E-state index is 13.9. The van der Waals surface area contributed by atoms with Crippen LogP contribution in [0.1, 0.15) is 42.6 Å². The molecule has 10 nitrogen and oxygen atoms in total. The van der Waals surface area contributed by atoms with Crippen LogP contribution in [0.25, 0.3) is 10.8 Å². The number of ether oxygens (including phenoxy) is 2. The molecule has 10 heteroatoms. The van der Waals surface area contributed by atoms with E-state index in [1.165, 1.54) is 0 Å². The molecule has 0 spiro atoms. The summed E-state index contributed by atoms with van der Waals surface area (Å²) in [5, 5.41) is 15.8. The monoisotopic (exact) mass is 547 g/mol. The van der Waals surface area contributed by atoms with E-state index in [-0.39, 0.29) is 49.8 Å². The summed E-state index contributed by atoms with van der Waals surface area (Å²) in [6.45, 7) is 3.87. The van der Waals surface area contributed by atoms with Crippen molar-refractivity contribution in [3.05, 3.63) is 65.7 Å². The van der Waals surface area contributed by atoms with E-state index in [4.69, 9.17) is 14.6 Å². The molecule has 4 rings (SSSR count). The Bertz CT molecular complexity index is 1440. The van der Waals surface area contributed by atoms with Crippen LogP contribution in [0, 0.1) is 5.92 Å². The molecule has 0 fully saturated rings. The summed E-state index contributed by atoms with van der Waals surface area (Å²) in [5.74, 6) is -1.07. The minimum atomic E-state index is -0.993. The van der Waals surface area contributed by atoms with Crippen LogP contribution in [0.2, 0.25) is 0 Å². The highest BCUT2D eigenvalue weighted by Crippen LogP contribution is 2.36. The van der Waals surface area contributed by atoms with E-state index in [1.54, 1.807) is 48.4 Å². The molecule has 0 unspecified atom stereocenters. The third kappa shape index (κ3) is 6.17. The lowest BCUT2D eigenvalue weighted by molar-refractivity contribution is -0.136. The number of carboxylic acid groups (broad SMARTS) is 1. The largest absolute Gasteiger partial charge is 0.496 e. The Hall–Kier alpha value is -4.60. The molecule has 210 valence electrons. The van der Waals surface area contributed by atoms with Gasteiger partial charge in [0.1, 0.15) is 24.1 Å². The number of hydrogen-bond donors (Lipinski definition) is 3. The van der Waals surface area contributed by atoms with Crippen LogP contribution in [0.3, 0.4) is 0 Å². The van der Waals surface area contributed by atoms with Crippen LogP contribution in [0.4, 0.5) is 5.69 Å². The summed E-state index contributed by atoms with van der Waals surface area (Å²) in [6, 6.07) is 15.1. The molecule has 3 N–H and O–H groups in total. The number of anilines is 1. The van der Waals surface area contributed by atoms with Crippen LogP contribution in [0.5, 0.6) is 11.5 Å². The SMILES string of the molecule is CC[C@@H](C)C(=O)N[C@H]1COc2ccccc2N(Cc2c(OC)ccc3cc(C(=O)NCCC(=O)O)ccc23)C1=O. The van der Waals surface area contributed by atoms with Crippen molar-refractivity contribution < 1.29 is 33.8 Å². The van der Waals surface area contributed by atoms with Gasteiger partial charge in [-0.3, -0.25) is 19.2 Å². The minimum absolute atomic E-state index is 0.00153. The summed E-state index contributed by atoms with van der Waals surface area (Å²) in [7, 11) is 1.55. The van der Waals surface area contributed by atoms with Crippen molar-refractivity contribution in [2.75, 3.05) is 25.2 Å². The second-order valence-corrected chi connectivity index (χ2v) is 9.66. The number of carbonyl (C=O) groups is 4. The number of benzene rings is 3. The third-order valence-corrected chi connectivity index (χ3v) is 7.01. The number of nitrogens with one attached hydrogen (secondary N) is 2. The molecule has 0 bridgehead atoms. The van der Waals surface area contributed by atoms with E-state index in [0.29, 0.717) is 29.2 Å². The number of rotatable bonds is 10. The fourth-order valence-electron chi connectivity index (χ4n) is 4.53. The molecule has 1 aliphatic rings. The highest BCUT2D eigenvalue weighted by molar-refractivity contribution is 6.03. The van der Waals surface area contributed by atoms with Gasteiger partial charge >= 0.3 is 5.97 Å². The molecule has 0 aromatic heterocycles. The van der Waals surface area contributed by atoms with E-state index in [2.05, 4.69) is 10.6 Å². The summed E-state index contributed by atoms with van der Waals surface area (Å²) >= 11 is 0. The standard InChI is InChI=1S/C30H33N3O7/c1-4-18(2)28(36)32-23-17-40-26-8-6-5-7-24(26)33(30(23)38)16-22-21-11-9-20(29(37)31-14-13-27(34)35)15-19(21)10-12-25(22)39-3/h5-12,15,18,23H,4,13-14,16-17H2,1-3H3,(H,31,37)(H,32,36)(H,34,35)/t18-,23+/m1/s1. The summed E-state index contributed by atoms with van der Waals surface area (Å²) < 4.78 is 11.6. The predicted octanol–water partition coefficient (Wildman–Crippen LogP) is 3.51. The summed E-state index contributed by atoms with van der Waals surface area (Å²) in [6.07, 6.45) is 0.471. The average molecular weight is 548 g/mol. The molecule has 2 atom stereocenters. The van der Waals surface area contributed by atoms with Crippen LogP contribution in [-0.2, 0) is 20.9 Å². The zero-order valence-electron chi connectivity index (χ0n) is 22.7. The Morgan fingerprint density at radius 1 is 1.15 bits per heavy atom. The molecule has 3 amide bonds. The van der Waals surface area contributed by atoms with Gasteiger partial charge in [-0.25, -0.2) is 0 Å². The zero-order valence-corrected chi connectivity index (χ0v) is 22.7. The van der Waals surface area contributed by atoms with Gasteiger partial charge in [-0.05, 0) is 47.5 Å². The zero-order chi connectivity index (χ0) is 28.8. The number of fused-ring (bicyclic) bond motifs is 2. The quantitative estimate of drug-likeness (QED) is 0.354. The topological polar surface area (TPSA) is 134 Å². The van der Waals surface area contributed by atoms with Crippen LogP contribution >= 0.6 is 0 Å². The lowest BCUT2D eigenvalue weighted by atomic mass is 9.99. The molecule has 0 aliphatic carbocycles.